The van der Waals surface area contributed by atoms with E-state index < -0.39 is 17.5 Å². The Morgan fingerprint density at radius 2 is 1.77 bits per heavy atom. The maximum Gasteiger partial charge on any atom is 0.215 e. The molecule has 5 aromatic rings. The van der Waals surface area contributed by atoms with Crippen LogP contribution in [0.5, 0.6) is 5.88 Å². The van der Waals surface area contributed by atoms with Crippen LogP contribution in [0.4, 0.5) is 13.2 Å². The number of fused-ring (bicyclic) bond motifs is 2. The van der Waals surface area contributed by atoms with Gasteiger partial charge in [0, 0.05) is 24.1 Å². The molecule has 0 unspecified atom stereocenters. The molecular weight excluding hydrogens is 455 g/mol. The van der Waals surface area contributed by atoms with Crippen molar-refractivity contribution < 1.29 is 22.7 Å². The Morgan fingerprint density at radius 1 is 1.00 bits per heavy atom. The van der Waals surface area contributed by atoms with E-state index in [0.29, 0.717) is 33.2 Å². The number of benzene rings is 2. The number of halogens is 3. The second-order valence-corrected chi connectivity index (χ2v) is 8.35. The largest absolute Gasteiger partial charge is 0.473 e. The molecule has 3 aromatic heterocycles. The molecule has 5 rings (SSSR count). The van der Waals surface area contributed by atoms with Crippen molar-refractivity contribution in [3.8, 4) is 5.88 Å². The molecule has 0 bridgehead atoms. The SMILES string of the molecule is Cc1cc(OCc2c(F)cccc2F)n2nc(C)c(C(=O)Cc3ccnc4ccc(F)cc34)c2c1. The van der Waals surface area contributed by atoms with Crippen molar-refractivity contribution >= 4 is 22.2 Å². The molecule has 8 heteroatoms. The zero-order valence-corrected chi connectivity index (χ0v) is 19.0. The Balaban J connectivity index is 1.51. The molecule has 0 atom stereocenters. The van der Waals surface area contributed by atoms with Gasteiger partial charge in [-0.15, -0.1) is 0 Å². The predicted octanol–water partition coefficient (Wildman–Crippen LogP) is 5.92. The number of ether oxygens (including phenoxy) is 1. The van der Waals surface area contributed by atoms with Crippen LogP contribution < -0.4 is 4.74 Å². The van der Waals surface area contributed by atoms with E-state index in [1.807, 2.05) is 6.92 Å². The lowest BCUT2D eigenvalue weighted by molar-refractivity contribution is 0.0994. The first-order chi connectivity index (χ1) is 16.8. The molecule has 3 heterocycles. The van der Waals surface area contributed by atoms with Gasteiger partial charge >= 0.3 is 0 Å². The minimum atomic E-state index is -0.706. The fourth-order valence-corrected chi connectivity index (χ4v) is 4.21. The van der Waals surface area contributed by atoms with Gasteiger partial charge in [-0.1, -0.05) is 6.07 Å². The van der Waals surface area contributed by atoms with Gasteiger partial charge in [0.15, 0.2) is 5.78 Å². The van der Waals surface area contributed by atoms with Crippen LogP contribution in [0.25, 0.3) is 16.4 Å². The predicted molar refractivity (Wildman–Crippen MR) is 125 cm³/mol. The average Bonchev–Trinajstić information content (AvgIpc) is 3.14. The first-order valence-corrected chi connectivity index (χ1v) is 10.9. The van der Waals surface area contributed by atoms with Gasteiger partial charge in [-0.2, -0.15) is 5.10 Å². The Bertz CT molecular complexity index is 1590. The molecule has 0 amide bonds. The molecule has 0 radical (unpaired) electrons. The third kappa shape index (κ3) is 4.23. The van der Waals surface area contributed by atoms with Gasteiger partial charge in [-0.25, -0.2) is 17.7 Å². The second-order valence-electron chi connectivity index (χ2n) is 8.35. The second kappa shape index (κ2) is 8.87. The zero-order valence-electron chi connectivity index (χ0n) is 19.0. The Labute approximate surface area is 198 Å². The number of Topliss-reactive ketones (excluding diaryl/α,β-unsaturated/α-hetero) is 1. The summed E-state index contributed by atoms with van der Waals surface area (Å²) in [5, 5.41) is 5.03. The highest BCUT2D eigenvalue weighted by molar-refractivity contribution is 6.06. The zero-order chi connectivity index (χ0) is 24.7. The van der Waals surface area contributed by atoms with E-state index in [1.54, 1.807) is 37.4 Å². The van der Waals surface area contributed by atoms with Crippen molar-refractivity contribution in [2.45, 2.75) is 26.9 Å². The van der Waals surface area contributed by atoms with Gasteiger partial charge < -0.3 is 4.74 Å². The summed E-state index contributed by atoms with van der Waals surface area (Å²) >= 11 is 0. The summed E-state index contributed by atoms with van der Waals surface area (Å²) in [6.45, 7) is 3.19. The maximum absolute atomic E-state index is 14.0. The number of carbonyl (C=O) groups excluding carboxylic acids is 1. The lowest BCUT2D eigenvalue weighted by Crippen LogP contribution is -2.07. The summed E-state index contributed by atoms with van der Waals surface area (Å²) < 4.78 is 49.1. The molecule has 0 saturated heterocycles. The van der Waals surface area contributed by atoms with Crippen LogP contribution in [0.1, 0.15) is 32.7 Å². The number of hydrogen-bond acceptors (Lipinski definition) is 4. The summed E-state index contributed by atoms with van der Waals surface area (Å²) in [6, 6.07) is 13.1. The third-order valence-electron chi connectivity index (χ3n) is 5.87. The quantitative estimate of drug-likeness (QED) is 0.286. The van der Waals surface area contributed by atoms with E-state index in [9.17, 15) is 18.0 Å². The van der Waals surface area contributed by atoms with E-state index in [-0.39, 0.29) is 30.3 Å². The van der Waals surface area contributed by atoms with Crippen molar-refractivity contribution in [1.82, 2.24) is 14.6 Å². The van der Waals surface area contributed by atoms with E-state index in [0.717, 1.165) is 17.7 Å². The summed E-state index contributed by atoms with van der Waals surface area (Å²) in [5.74, 6) is -1.77. The number of aromatic nitrogens is 3. The average molecular weight is 475 g/mol. The molecule has 2 aromatic carbocycles. The van der Waals surface area contributed by atoms with E-state index in [4.69, 9.17) is 4.74 Å². The normalized spacial score (nSPS) is 11.3. The molecule has 5 nitrogen and oxygen atoms in total. The lowest BCUT2D eigenvalue weighted by Gasteiger charge is -2.11. The summed E-state index contributed by atoms with van der Waals surface area (Å²) in [4.78, 5) is 17.7. The van der Waals surface area contributed by atoms with Crippen LogP contribution in [0.15, 0.2) is 60.8 Å². The smallest absolute Gasteiger partial charge is 0.215 e. The van der Waals surface area contributed by atoms with Gasteiger partial charge in [0.1, 0.15) is 24.1 Å². The van der Waals surface area contributed by atoms with Crippen LogP contribution in [-0.4, -0.2) is 20.4 Å². The molecule has 0 spiro atoms. The van der Waals surface area contributed by atoms with Crippen LogP contribution in [0.2, 0.25) is 0 Å². The monoisotopic (exact) mass is 475 g/mol. The first-order valence-electron chi connectivity index (χ1n) is 10.9. The highest BCUT2D eigenvalue weighted by atomic mass is 19.1. The number of pyridine rings is 2. The van der Waals surface area contributed by atoms with Crippen molar-refractivity contribution in [2.24, 2.45) is 0 Å². The number of aryl methyl sites for hydroxylation is 2. The van der Waals surface area contributed by atoms with Crippen LogP contribution in [0.3, 0.4) is 0 Å². The molecule has 0 aliphatic rings. The minimum Gasteiger partial charge on any atom is -0.473 e. The van der Waals surface area contributed by atoms with E-state index in [2.05, 4.69) is 10.1 Å². The molecule has 0 N–H and O–H groups in total. The van der Waals surface area contributed by atoms with Gasteiger partial charge in [-0.3, -0.25) is 9.78 Å². The summed E-state index contributed by atoms with van der Waals surface area (Å²) in [5.41, 5.74) is 3.23. The van der Waals surface area contributed by atoms with Gasteiger partial charge in [0.2, 0.25) is 5.88 Å². The molecule has 0 aliphatic heterocycles. The summed E-state index contributed by atoms with van der Waals surface area (Å²) in [7, 11) is 0. The molecule has 0 saturated carbocycles. The highest BCUT2D eigenvalue weighted by Gasteiger charge is 2.21. The number of hydrogen-bond donors (Lipinski definition) is 0. The Morgan fingerprint density at radius 3 is 2.54 bits per heavy atom. The van der Waals surface area contributed by atoms with Gasteiger partial charge in [0.05, 0.1) is 27.9 Å². The first kappa shape index (κ1) is 22.6. The fourth-order valence-electron chi connectivity index (χ4n) is 4.21. The van der Waals surface area contributed by atoms with Crippen molar-refractivity contribution in [1.29, 1.82) is 0 Å². The minimum absolute atomic E-state index is 0.0231. The van der Waals surface area contributed by atoms with Crippen LogP contribution >= 0.6 is 0 Å². The Hall–Kier alpha value is -4.20. The van der Waals surface area contributed by atoms with Crippen molar-refractivity contribution in [3.05, 3.63) is 106 Å². The van der Waals surface area contributed by atoms with Gasteiger partial charge in [0.25, 0.3) is 0 Å². The van der Waals surface area contributed by atoms with Crippen LogP contribution in [-0.2, 0) is 13.0 Å². The van der Waals surface area contributed by atoms with Crippen molar-refractivity contribution in [3.63, 3.8) is 0 Å². The molecular formula is C27H20F3N3O2. The number of ketones is 1. The van der Waals surface area contributed by atoms with Crippen LogP contribution in [0, 0.1) is 31.3 Å². The number of nitrogens with zero attached hydrogens (tertiary/aromatic N) is 3. The van der Waals surface area contributed by atoms with Gasteiger partial charge in [-0.05, 0) is 67.4 Å². The summed E-state index contributed by atoms with van der Waals surface area (Å²) in [6.07, 6.45) is 1.61. The van der Waals surface area contributed by atoms with E-state index in [1.165, 1.54) is 22.7 Å². The molecule has 35 heavy (non-hydrogen) atoms. The highest BCUT2D eigenvalue weighted by Crippen LogP contribution is 2.27. The lowest BCUT2D eigenvalue weighted by atomic mass is 9.99. The fraction of sp³-hybridized carbons (Fsp3) is 0.148. The third-order valence-corrected chi connectivity index (χ3v) is 5.87. The molecule has 176 valence electrons. The standard InChI is InChI=1S/C27H20F3N3O2/c1-15-10-24-27(25(34)12-17-8-9-31-23-7-6-18(28)13-19(17)23)16(2)32-33(24)26(11-15)35-14-20-21(29)4-3-5-22(20)30/h3-11,13H,12,14H2,1-2H3. The number of carbonyl (C=O) groups is 1. The maximum atomic E-state index is 14.0. The molecule has 0 fully saturated rings. The van der Waals surface area contributed by atoms with Crippen molar-refractivity contribution in [2.75, 3.05) is 0 Å². The molecule has 0 aliphatic carbocycles. The van der Waals surface area contributed by atoms with E-state index >= 15 is 0 Å². The Kier molecular flexibility index (Phi) is 5.72. The number of rotatable bonds is 6. The topological polar surface area (TPSA) is 56.5 Å².